The topological polar surface area (TPSA) is 709 Å². The first-order valence-electron chi connectivity index (χ1n) is 47.0. The minimum atomic E-state index is -2.56. The lowest BCUT2D eigenvalue weighted by molar-refractivity contribution is -0.284. The molecule has 47 heteroatoms. The monoisotopic (exact) mass is 2050 g/mol. The molecule has 7 aromatic carbocycles. The van der Waals surface area contributed by atoms with Gasteiger partial charge in [0.2, 0.25) is 71.5 Å². The summed E-state index contributed by atoms with van der Waals surface area (Å²) in [6.07, 6.45) is -23.6. The number of aliphatic hydroxyl groups excluding tert-OH is 10. The van der Waals surface area contributed by atoms with E-state index in [2.05, 4.69) is 61.7 Å². The summed E-state index contributed by atoms with van der Waals surface area (Å²) in [4.78, 5) is 143. The van der Waals surface area contributed by atoms with Gasteiger partial charge in [-0.3, -0.25) is 43.2 Å². The Morgan fingerprint density at radius 1 is 0.500 bits per heavy atom. The number of rotatable bonds is 33. The van der Waals surface area contributed by atoms with Crippen LogP contribution in [0.15, 0.2) is 127 Å². The summed E-state index contributed by atoms with van der Waals surface area (Å²) in [5.74, 6) is -16.7. The summed E-state index contributed by atoms with van der Waals surface area (Å²) < 4.78 is 57.8. The number of phenols is 4. The summed E-state index contributed by atoms with van der Waals surface area (Å²) in [6, 6.07) is 4.81. The van der Waals surface area contributed by atoms with Gasteiger partial charge in [0, 0.05) is 38.4 Å². The van der Waals surface area contributed by atoms with Crippen molar-refractivity contribution in [2.24, 2.45) is 23.1 Å². The molecule has 23 atom stereocenters. The molecule has 0 aliphatic carbocycles. The third-order valence-electron chi connectivity index (χ3n) is 25.1. The van der Waals surface area contributed by atoms with Crippen molar-refractivity contribution in [3.05, 3.63) is 176 Å². The number of phenolic OH excluding ortho intramolecular Hbond substituents is 4. The van der Waals surface area contributed by atoms with Crippen LogP contribution in [0, 0.1) is 5.92 Å². The number of benzene rings is 7. The highest BCUT2D eigenvalue weighted by Gasteiger charge is 2.52. The molecule has 13 bridgehead atoms. The van der Waals surface area contributed by atoms with Crippen molar-refractivity contribution in [2.45, 2.75) is 225 Å². The number of ether oxygens (including phenoxy) is 9. The van der Waals surface area contributed by atoms with Gasteiger partial charge in [0.15, 0.2) is 29.3 Å². The number of carbonyl (C=O) groups excluding carboxylic acids is 9. The van der Waals surface area contributed by atoms with E-state index in [0.717, 1.165) is 123 Å². The first-order valence-corrected chi connectivity index (χ1v) is 47.8. The number of halogens is 2. The Hall–Kier alpha value is -12.2. The van der Waals surface area contributed by atoms with E-state index in [0.29, 0.717) is 64.3 Å². The number of unbranched alkanes of at least 4 members (excludes halogenated alkanes) is 3. The molecule has 144 heavy (non-hydrogen) atoms. The lowest BCUT2D eigenvalue weighted by Gasteiger charge is -2.44. The standard InChI is InChI=1S/C97H121Cl2N13O32/c1-44(2)11-6-4-5-7-12-70(121)106-77-83(126)80(123)68(42-114)141-96(77)144-87-65-37-52-38-66(87)139-63-22-17-49(35-59(63)99)86(143-95-76(104-45(3)116)82(125)79(122)67(41-113)140-95)78(94(135)109-73(90(131)103-25-10-28-112(26-8-23-100)27-9-24-101)50-31-55(119)40-57(34-50)137-97-85(128)84(127)81(124)69(43-115)142-97)111-91(132)72(47-14-18-53(117)19-15-47)108-93(134)75(52)110-92(133)74-51-32-54(118)39-56(33-51)136-64-36-48(16-20-61(64)120)71(102)89(130)105-60(88(129)107-74)30-46-13-21-62(138-65)58(98)29-46/h13-22,29,31-40,44,60,67-69,71-86,95-97,113-115,117-120,122-128H,4-12,23-28,30,41-43,100-102H2,1-3H3,(H,103,131)(H,104,116)(H,105,130)(H,106,121)(H,107,129)(H,108,134)(H,109,135)(H,110,133)(H,111,132). The second-order valence-electron chi connectivity index (χ2n) is 36.3. The van der Waals surface area contributed by atoms with Crippen molar-refractivity contribution < 1.29 is 157 Å². The van der Waals surface area contributed by atoms with Crippen LogP contribution in [0.25, 0.3) is 0 Å². The van der Waals surface area contributed by atoms with Crippen LogP contribution in [0.1, 0.15) is 154 Å². The Morgan fingerprint density at radius 2 is 1.05 bits per heavy atom. The first-order chi connectivity index (χ1) is 68.8. The van der Waals surface area contributed by atoms with Gasteiger partial charge in [-0.2, -0.15) is 0 Å². The number of hydrogen-bond acceptors (Lipinski definition) is 36. The molecule has 0 spiro atoms. The molecule has 9 amide bonds. The lowest BCUT2D eigenvalue weighted by Crippen LogP contribution is -2.65. The van der Waals surface area contributed by atoms with E-state index in [1.165, 1.54) is 30.3 Å². The number of carbonyl (C=O) groups is 9. The summed E-state index contributed by atoms with van der Waals surface area (Å²) in [6.45, 7) is 4.01. The predicted molar refractivity (Wildman–Crippen MR) is 508 cm³/mol. The second-order valence-corrected chi connectivity index (χ2v) is 37.1. The van der Waals surface area contributed by atoms with E-state index in [-0.39, 0.29) is 69.5 Å². The van der Waals surface area contributed by atoms with Crippen LogP contribution in [0.3, 0.4) is 0 Å². The molecule has 0 aromatic heterocycles. The zero-order valence-electron chi connectivity index (χ0n) is 78.5. The molecule has 0 saturated carbocycles. The third-order valence-corrected chi connectivity index (χ3v) is 25.7. The molecule has 8 aliphatic heterocycles. The number of hydrogen-bond donors (Lipinski definition) is 26. The lowest BCUT2D eigenvalue weighted by atomic mass is 9.95. The van der Waals surface area contributed by atoms with Crippen molar-refractivity contribution >= 4 is 76.4 Å². The maximum Gasteiger partial charge on any atom is 0.248 e. The fourth-order valence-corrected chi connectivity index (χ4v) is 17.9. The van der Waals surface area contributed by atoms with Crippen LogP contribution >= 0.6 is 23.2 Å². The summed E-state index contributed by atoms with van der Waals surface area (Å²) in [7, 11) is 0. The van der Waals surface area contributed by atoms with E-state index in [1.807, 2.05) is 4.90 Å². The quantitative estimate of drug-likeness (QED) is 0.0248. The van der Waals surface area contributed by atoms with Gasteiger partial charge >= 0.3 is 0 Å². The number of nitrogens with two attached hydrogens (primary N) is 3. The number of nitrogens with one attached hydrogen (secondary N) is 9. The van der Waals surface area contributed by atoms with Gasteiger partial charge in [0.1, 0.15) is 162 Å². The van der Waals surface area contributed by atoms with Gasteiger partial charge in [-0.15, -0.1) is 0 Å². The summed E-state index contributed by atoms with van der Waals surface area (Å²) in [5, 5.41) is 181. The highest BCUT2D eigenvalue weighted by atomic mass is 35.5. The molecule has 23 unspecified atom stereocenters. The molecule has 3 fully saturated rings. The Balaban J connectivity index is 1.04. The summed E-state index contributed by atoms with van der Waals surface area (Å²) in [5.41, 5.74) is 16.7. The van der Waals surface area contributed by atoms with Gasteiger partial charge in [-0.1, -0.05) is 93.1 Å². The molecule has 45 nitrogen and oxygen atoms in total. The van der Waals surface area contributed by atoms with E-state index >= 15 is 28.8 Å². The third kappa shape index (κ3) is 26.9. The first kappa shape index (κ1) is 109. The SMILES string of the molecule is CC(=O)NC1C(OC2c3ccc(c(Cl)c3)Oc3cc4cc(c3OC3OC(CO)C(O)C(O)C3NC(=O)CCCCCCC(C)C)Oc3ccc(cc3Cl)CC3NC(=O)C(N)c5ccc(O)c(c5)Oc5cc(O)cc(c5)C(NC3=O)C(=O)NC4C(=O)NC(c3ccc(O)cc3)C(=O)NC2C(=O)NC(C(=O)NCCCN(CCCN)CCCN)c2cc(O)cc(OC3OC(CO)C(O)C(O)C3O)c2)OC(CO)C(O)C1O. The van der Waals surface area contributed by atoms with Gasteiger partial charge < -0.3 is 184 Å². The van der Waals surface area contributed by atoms with Gasteiger partial charge in [-0.05, 0) is 188 Å². The van der Waals surface area contributed by atoms with Crippen molar-refractivity contribution in [1.29, 1.82) is 0 Å². The molecule has 29 N–H and O–H groups in total. The minimum absolute atomic E-state index is 0.0397. The van der Waals surface area contributed by atoms with Gasteiger partial charge in [-0.25, -0.2) is 0 Å². The Labute approximate surface area is 835 Å². The molecular formula is C97H121Cl2N13O32. The normalized spacial score (nSPS) is 26.8. The zero-order chi connectivity index (χ0) is 104. The van der Waals surface area contributed by atoms with Crippen molar-refractivity contribution in [3.63, 3.8) is 0 Å². The Bertz CT molecular complexity index is 5700. The van der Waals surface area contributed by atoms with E-state index in [4.69, 9.17) is 83.0 Å². The maximum absolute atomic E-state index is 17.0. The number of aromatic hydroxyl groups is 4. The number of fused-ring (bicyclic) bond motifs is 15. The molecule has 780 valence electrons. The van der Waals surface area contributed by atoms with E-state index < -0.39 is 288 Å². The summed E-state index contributed by atoms with van der Waals surface area (Å²) >= 11 is 14.9. The fraction of sp³-hybridized carbons (Fsp3) is 0.474. The Morgan fingerprint density at radius 3 is 1.67 bits per heavy atom. The molecule has 7 aromatic rings. The largest absolute Gasteiger partial charge is 0.508 e. The van der Waals surface area contributed by atoms with Gasteiger partial charge in [0.25, 0.3) is 0 Å². The van der Waals surface area contributed by atoms with E-state index in [9.17, 15) is 85.9 Å². The molecular weight excluding hydrogens is 1930 g/mol. The molecule has 0 radical (unpaired) electrons. The smallest absolute Gasteiger partial charge is 0.248 e. The van der Waals surface area contributed by atoms with Crippen LogP contribution in [-0.4, -0.2) is 293 Å². The van der Waals surface area contributed by atoms with Crippen LogP contribution in [0.5, 0.6) is 69.0 Å². The molecule has 3 saturated heterocycles. The highest BCUT2D eigenvalue weighted by molar-refractivity contribution is 6.32. The van der Waals surface area contributed by atoms with Crippen molar-refractivity contribution in [3.8, 4) is 69.0 Å². The van der Waals surface area contributed by atoms with Crippen LogP contribution in [-0.2, 0) is 68.5 Å². The average Bonchev–Trinajstić information content (AvgIpc) is 0.763. The van der Waals surface area contributed by atoms with Crippen molar-refractivity contribution in [1.82, 2.24) is 52.8 Å². The second kappa shape index (κ2) is 49.6. The number of nitrogens with zero attached hydrogens (tertiary/aromatic N) is 1. The molecule has 15 rings (SSSR count). The zero-order valence-corrected chi connectivity index (χ0v) is 80.0. The number of aliphatic hydroxyl groups is 10. The maximum atomic E-state index is 17.0. The predicted octanol–water partition coefficient (Wildman–Crippen LogP) is 0.460. The molecule has 8 aliphatic rings. The fourth-order valence-electron chi connectivity index (χ4n) is 17.4. The van der Waals surface area contributed by atoms with Crippen LogP contribution in [0.4, 0.5) is 0 Å². The van der Waals surface area contributed by atoms with Crippen molar-refractivity contribution in [2.75, 3.05) is 59.1 Å². The van der Waals surface area contributed by atoms with Crippen LogP contribution < -0.4 is 88.7 Å². The number of amides is 9. The highest BCUT2D eigenvalue weighted by Crippen LogP contribution is 2.50. The molecule has 8 heterocycles. The van der Waals surface area contributed by atoms with Crippen LogP contribution in [0.2, 0.25) is 10.0 Å². The Kier molecular flexibility index (Phi) is 37.6. The van der Waals surface area contributed by atoms with E-state index in [1.54, 1.807) is 0 Å². The minimum Gasteiger partial charge on any atom is -0.508 e. The average molecular weight is 2050 g/mol. The van der Waals surface area contributed by atoms with Gasteiger partial charge in [0.05, 0.1) is 29.9 Å².